The summed E-state index contributed by atoms with van der Waals surface area (Å²) >= 11 is 0. The lowest BCUT2D eigenvalue weighted by molar-refractivity contribution is 0.601. The van der Waals surface area contributed by atoms with Crippen molar-refractivity contribution in [1.29, 1.82) is 5.26 Å². The van der Waals surface area contributed by atoms with Crippen molar-refractivity contribution in [3.63, 3.8) is 0 Å². The summed E-state index contributed by atoms with van der Waals surface area (Å²) < 4.78 is 25.5. The summed E-state index contributed by atoms with van der Waals surface area (Å²) in [5, 5.41) is 20.6. The monoisotopic (exact) mass is 454 g/mol. The van der Waals surface area contributed by atoms with Crippen molar-refractivity contribution in [2.24, 2.45) is 5.73 Å². The van der Waals surface area contributed by atoms with Crippen LogP contribution < -0.4 is 21.3 Å². The number of sulfone groups is 1. The quantitative estimate of drug-likeness (QED) is 0.441. The summed E-state index contributed by atoms with van der Waals surface area (Å²) in [5.41, 5.74) is 9.57. The number of likely N-dealkylation sites (N-methyl/N-ethyl adjacent to an activating group) is 1. The van der Waals surface area contributed by atoms with Gasteiger partial charge in [-0.25, -0.2) is 13.4 Å². The average Bonchev–Trinajstić information content (AvgIpc) is 3.43. The van der Waals surface area contributed by atoms with Crippen molar-refractivity contribution in [3.8, 4) is 6.07 Å². The molecule has 32 heavy (non-hydrogen) atoms. The van der Waals surface area contributed by atoms with E-state index >= 15 is 0 Å². The van der Waals surface area contributed by atoms with Gasteiger partial charge in [0.1, 0.15) is 6.07 Å². The summed E-state index contributed by atoms with van der Waals surface area (Å²) in [5.74, 6) is 0.428. The van der Waals surface area contributed by atoms with Crippen molar-refractivity contribution in [1.82, 2.24) is 14.6 Å². The van der Waals surface area contributed by atoms with Crippen LogP contribution in [0.2, 0.25) is 0 Å². The molecule has 0 aliphatic heterocycles. The van der Waals surface area contributed by atoms with E-state index in [1.165, 1.54) is 17.0 Å². The molecule has 4 N–H and O–H groups in total. The van der Waals surface area contributed by atoms with Crippen molar-refractivity contribution < 1.29 is 8.42 Å². The Bertz CT molecular complexity index is 1290. The van der Waals surface area contributed by atoms with Gasteiger partial charge in [0.05, 0.1) is 17.6 Å². The van der Waals surface area contributed by atoms with Crippen LogP contribution >= 0.6 is 0 Å². The molecule has 1 aromatic carbocycles. The first-order valence-corrected chi connectivity index (χ1v) is 12.4. The molecule has 1 aliphatic rings. The van der Waals surface area contributed by atoms with Gasteiger partial charge in [0.25, 0.3) is 0 Å². The summed E-state index contributed by atoms with van der Waals surface area (Å²) in [6.45, 7) is 1.07. The highest BCUT2D eigenvalue weighted by molar-refractivity contribution is 7.89. The zero-order valence-corrected chi connectivity index (χ0v) is 18.9. The predicted octanol–water partition coefficient (Wildman–Crippen LogP) is 1.86. The van der Waals surface area contributed by atoms with Crippen molar-refractivity contribution >= 4 is 38.4 Å². The second kappa shape index (κ2) is 8.64. The molecule has 0 amide bonds. The maximum Gasteiger partial charge on any atom is 0.178 e. The molecule has 1 fully saturated rings. The molecule has 2 heterocycles. The molecule has 0 atom stereocenters. The molecule has 3 aromatic rings. The van der Waals surface area contributed by atoms with E-state index in [4.69, 9.17) is 5.73 Å². The van der Waals surface area contributed by atoms with Gasteiger partial charge in [-0.3, -0.25) is 0 Å². The number of nitrogens with zero attached hydrogens (tertiary/aromatic N) is 5. The van der Waals surface area contributed by atoms with E-state index < -0.39 is 9.84 Å². The first kappa shape index (κ1) is 21.9. The lowest BCUT2D eigenvalue weighted by Gasteiger charge is -2.22. The van der Waals surface area contributed by atoms with Crippen LogP contribution in [0, 0.1) is 11.3 Å². The zero-order chi connectivity index (χ0) is 22.9. The molecule has 10 nitrogen and oxygen atoms in total. The minimum Gasteiger partial charge on any atom is -0.379 e. The Hall–Kier alpha value is -3.36. The number of benzene rings is 1. The highest BCUT2D eigenvalue weighted by Crippen LogP contribution is 2.31. The Morgan fingerprint density at radius 1 is 1.34 bits per heavy atom. The number of nitriles is 1. The maximum atomic E-state index is 12.0. The van der Waals surface area contributed by atoms with Crippen LogP contribution in [-0.4, -0.2) is 55.5 Å². The number of imidazole rings is 1. The lowest BCUT2D eigenvalue weighted by atomic mass is 10.1. The van der Waals surface area contributed by atoms with Crippen LogP contribution in [0.25, 0.3) is 5.65 Å². The molecule has 1 aliphatic carbocycles. The Kier molecular flexibility index (Phi) is 5.90. The molecule has 1 saturated carbocycles. The van der Waals surface area contributed by atoms with Crippen LogP contribution in [0.5, 0.6) is 0 Å². The third kappa shape index (κ3) is 4.92. The summed E-state index contributed by atoms with van der Waals surface area (Å²) in [4.78, 5) is 6.27. The molecule has 0 saturated heterocycles. The maximum absolute atomic E-state index is 12.0. The number of rotatable bonds is 9. The Balaban J connectivity index is 1.71. The Morgan fingerprint density at radius 3 is 2.78 bits per heavy atom. The van der Waals surface area contributed by atoms with E-state index in [9.17, 15) is 13.7 Å². The van der Waals surface area contributed by atoms with E-state index in [0.717, 1.165) is 24.2 Å². The molecule has 168 valence electrons. The molecule has 0 radical (unpaired) electrons. The number of nitrogens with one attached hydrogen (secondary N) is 2. The second-order valence-electron chi connectivity index (χ2n) is 8.10. The number of hydrogen-bond donors (Lipinski definition) is 3. The van der Waals surface area contributed by atoms with E-state index in [1.807, 2.05) is 36.2 Å². The molecule has 0 unspecified atom stereocenters. The minimum absolute atomic E-state index is 0.0895. The molecular weight excluding hydrogens is 428 g/mol. The van der Waals surface area contributed by atoms with E-state index in [1.54, 1.807) is 0 Å². The fourth-order valence-electron chi connectivity index (χ4n) is 3.56. The van der Waals surface area contributed by atoms with E-state index in [2.05, 4.69) is 26.8 Å². The topological polar surface area (TPSA) is 141 Å². The summed E-state index contributed by atoms with van der Waals surface area (Å²) in [6.07, 6.45) is 4.90. The highest BCUT2D eigenvalue weighted by atomic mass is 32.2. The van der Waals surface area contributed by atoms with Crippen molar-refractivity contribution in [2.45, 2.75) is 24.6 Å². The third-order valence-corrected chi connectivity index (χ3v) is 6.00. The van der Waals surface area contributed by atoms with Gasteiger partial charge in [-0.15, -0.1) is 5.10 Å². The van der Waals surface area contributed by atoms with E-state index in [0.29, 0.717) is 47.5 Å². The van der Waals surface area contributed by atoms with Gasteiger partial charge in [-0.1, -0.05) is 0 Å². The van der Waals surface area contributed by atoms with Gasteiger partial charge in [-0.05, 0) is 36.6 Å². The van der Waals surface area contributed by atoms with Crippen LogP contribution in [-0.2, 0) is 15.6 Å². The summed E-state index contributed by atoms with van der Waals surface area (Å²) in [7, 11) is -1.36. The van der Waals surface area contributed by atoms with Gasteiger partial charge < -0.3 is 21.3 Å². The molecule has 2 aromatic heterocycles. The second-order valence-corrected chi connectivity index (χ2v) is 10.2. The number of fused-ring (bicyclic) bond motifs is 1. The van der Waals surface area contributed by atoms with Crippen molar-refractivity contribution in [2.75, 3.05) is 41.9 Å². The molecule has 11 heteroatoms. The van der Waals surface area contributed by atoms with Gasteiger partial charge in [0.2, 0.25) is 0 Å². The minimum atomic E-state index is -3.24. The fraction of sp³-hybridized carbons (Fsp3) is 0.381. The number of nitrogens with two attached hydrogens (primary N) is 1. The van der Waals surface area contributed by atoms with Gasteiger partial charge in [0.15, 0.2) is 27.0 Å². The van der Waals surface area contributed by atoms with Crippen LogP contribution in [0.15, 0.2) is 30.5 Å². The lowest BCUT2D eigenvalue weighted by Crippen LogP contribution is -2.26. The smallest absolute Gasteiger partial charge is 0.178 e. The SMILES string of the molecule is CN(CCN)c1ccc(Nc2cc(NC3CC3)c3ncc(C#N)n3n2)cc1CS(C)(=O)=O. The molecule has 0 bridgehead atoms. The van der Waals surface area contributed by atoms with Gasteiger partial charge in [-0.2, -0.15) is 9.78 Å². The number of anilines is 4. The van der Waals surface area contributed by atoms with E-state index in [-0.39, 0.29) is 5.75 Å². The first-order chi connectivity index (χ1) is 15.3. The fourth-order valence-corrected chi connectivity index (χ4v) is 4.35. The van der Waals surface area contributed by atoms with Crippen LogP contribution in [0.3, 0.4) is 0 Å². The number of aromatic nitrogens is 3. The zero-order valence-electron chi connectivity index (χ0n) is 18.0. The molecule has 4 rings (SSSR count). The predicted molar refractivity (Wildman–Crippen MR) is 125 cm³/mol. The summed E-state index contributed by atoms with van der Waals surface area (Å²) in [6, 6.07) is 9.91. The number of hydrogen-bond acceptors (Lipinski definition) is 9. The molecular formula is C21H26N8O2S. The third-order valence-electron chi connectivity index (χ3n) is 5.16. The Morgan fingerprint density at radius 2 is 2.12 bits per heavy atom. The standard InChI is InChI=1S/C21H26N8O2S/c1-28(8-7-22)19-6-5-16(9-14(19)13-32(2,30)31)26-20-10-18(25-15-3-4-15)21-24-12-17(11-23)29(21)27-20/h5-6,9-10,12,15,25H,3-4,7-8,13,22H2,1-2H3,(H,26,27). The van der Waals surface area contributed by atoms with Crippen LogP contribution in [0.4, 0.5) is 22.9 Å². The molecule has 0 spiro atoms. The van der Waals surface area contributed by atoms with Gasteiger partial charge >= 0.3 is 0 Å². The van der Waals surface area contributed by atoms with Gasteiger partial charge in [0, 0.05) is 49.9 Å². The normalized spacial score (nSPS) is 13.7. The van der Waals surface area contributed by atoms with Crippen molar-refractivity contribution in [3.05, 3.63) is 41.7 Å². The average molecular weight is 455 g/mol. The van der Waals surface area contributed by atoms with Crippen LogP contribution in [0.1, 0.15) is 24.1 Å². The largest absolute Gasteiger partial charge is 0.379 e. The Labute approximate surface area is 187 Å². The highest BCUT2D eigenvalue weighted by Gasteiger charge is 2.23. The first-order valence-electron chi connectivity index (χ1n) is 10.3.